The Morgan fingerprint density at radius 2 is 1.67 bits per heavy atom. The van der Waals surface area contributed by atoms with E-state index in [0.717, 1.165) is 0 Å². The van der Waals surface area contributed by atoms with Crippen LogP contribution >= 0.6 is 0 Å². The van der Waals surface area contributed by atoms with E-state index in [-0.39, 0.29) is 5.78 Å². The van der Waals surface area contributed by atoms with E-state index in [4.69, 9.17) is 0 Å². The standard InChI is InChI=1S/C11H20N2O5/c1-8(14)9(13-11(16)18-3)6-4-5-7-12-10(15)17-2/h9H,4-7H2,1-3H3,(H,12,15)(H,13,16). The van der Waals surface area contributed by atoms with Gasteiger partial charge >= 0.3 is 12.2 Å². The number of rotatable bonds is 7. The van der Waals surface area contributed by atoms with Gasteiger partial charge in [-0.15, -0.1) is 0 Å². The molecule has 0 aromatic heterocycles. The number of ketones is 1. The van der Waals surface area contributed by atoms with Crippen molar-refractivity contribution in [3.05, 3.63) is 0 Å². The molecule has 0 aromatic rings. The summed E-state index contributed by atoms with van der Waals surface area (Å²) in [5.41, 5.74) is 0. The highest BCUT2D eigenvalue weighted by Crippen LogP contribution is 2.02. The molecule has 2 amide bonds. The van der Waals surface area contributed by atoms with E-state index < -0.39 is 18.2 Å². The van der Waals surface area contributed by atoms with Gasteiger partial charge in [-0.1, -0.05) is 0 Å². The van der Waals surface area contributed by atoms with Crippen LogP contribution in [0.3, 0.4) is 0 Å². The first-order valence-corrected chi connectivity index (χ1v) is 5.68. The number of methoxy groups -OCH3 is 2. The molecule has 0 aliphatic rings. The van der Waals surface area contributed by atoms with Crippen LogP contribution < -0.4 is 10.6 Å². The van der Waals surface area contributed by atoms with Gasteiger partial charge in [0.25, 0.3) is 0 Å². The van der Waals surface area contributed by atoms with Gasteiger partial charge in [-0.3, -0.25) is 4.79 Å². The summed E-state index contributed by atoms with van der Waals surface area (Å²) in [7, 11) is 2.54. The fourth-order valence-corrected chi connectivity index (χ4v) is 1.31. The highest BCUT2D eigenvalue weighted by molar-refractivity contribution is 5.85. The fourth-order valence-electron chi connectivity index (χ4n) is 1.31. The van der Waals surface area contributed by atoms with Crippen LogP contribution in [0, 0.1) is 0 Å². The van der Waals surface area contributed by atoms with Crippen molar-refractivity contribution in [3.8, 4) is 0 Å². The van der Waals surface area contributed by atoms with E-state index in [1.807, 2.05) is 0 Å². The summed E-state index contributed by atoms with van der Waals surface area (Å²) >= 11 is 0. The normalized spacial score (nSPS) is 11.3. The third-order valence-corrected chi connectivity index (χ3v) is 2.34. The van der Waals surface area contributed by atoms with Crippen LogP contribution in [0.25, 0.3) is 0 Å². The Labute approximate surface area is 106 Å². The fraction of sp³-hybridized carbons (Fsp3) is 0.727. The van der Waals surface area contributed by atoms with Gasteiger partial charge in [0.15, 0.2) is 5.78 Å². The van der Waals surface area contributed by atoms with Crippen molar-refractivity contribution >= 4 is 18.0 Å². The number of alkyl carbamates (subject to hydrolysis) is 2. The third-order valence-electron chi connectivity index (χ3n) is 2.34. The number of ether oxygens (including phenoxy) is 2. The summed E-state index contributed by atoms with van der Waals surface area (Å²) in [6, 6.07) is -0.546. The van der Waals surface area contributed by atoms with Crippen LogP contribution in [0.5, 0.6) is 0 Å². The quantitative estimate of drug-likeness (QED) is 0.661. The van der Waals surface area contributed by atoms with Gasteiger partial charge in [-0.2, -0.15) is 0 Å². The zero-order valence-corrected chi connectivity index (χ0v) is 10.9. The molecule has 0 aliphatic heterocycles. The van der Waals surface area contributed by atoms with Crippen molar-refractivity contribution < 1.29 is 23.9 Å². The van der Waals surface area contributed by atoms with Crippen LogP contribution in [0.4, 0.5) is 9.59 Å². The van der Waals surface area contributed by atoms with Crippen molar-refractivity contribution in [2.75, 3.05) is 20.8 Å². The molecule has 0 aromatic carbocycles. The lowest BCUT2D eigenvalue weighted by atomic mass is 10.1. The van der Waals surface area contributed by atoms with Crippen LogP contribution in [0.15, 0.2) is 0 Å². The maximum absolute atomic E-state index is 11.3. The van der Waals surface area contributed by atoms with Gasteiger partial charge < -0.3 is 20.1 Å². The topological polar surface area (TPSA) is 93.7 Å². The van der Waals surface area contributed by atoms with Crippen molar-refractivity contribution in [1.29, 1.82) is 0 Å². The third kappa shape index (κ3) is 7.48. The summed E-state index contributed by atoms with van der Waals surface area (Å²) in [6.45, 7) is 1.88. The van der Waals surface area contributed by atoms with Gasteiger partial charge in [0.2, 0.25) is 0 Å². The maximum atomic E-state index is 11.3. The molecule has 1 atom stereocenters. The molecule has 0 spiro atoms. The molecule has 0 bridgehead atoms. The van der Waals surface area contributed by atoms with Crippen LogP contribution in [0.1, 0.15) is 26.2 Å². The zero-order chi connectivity index (χ0) is 14.0. The van der Waals surface area contributed by atoms with E-state index in [0.29, 0.717) is 25.8 Å². The average molecular weight is 260 g/mol. The minimum absolute atomic E-state index is 0.124. The van der Waals surface area contributed by atoms with Crippen molar-refractivity contribution in [2.24, 2.45) is 0 Å². The number of nitrogens with one attached hydrogen (secondary N) is 2. The first-order valence-electron chi connectivity index (χ1n) is 5.68. The highest BCUT2D eigenvalue weighted by atomic mass is 16.5. The van der Waals surface area contributed by atoms with Crippen LogP contribution in [-0.2, 0) is 14.3 Å². The smallest absolute Gasteiger partial charge is 0.407 e. The second kappa shape index (κ2) is 9.26. The van der Waals surface area contributed by atoms with E-state index >= 15 is 0 Å². The predicted molar refractivity (Wildman–Crippen MR) is 64.3 cm³/mol. The largest absolute Gasteiger partial charge is 0.453 e. The Morgan fingerprint density at radius 1 is 1.06 bits per heavy atom. The molecule has 7 heteroatoms. The highest BCUT2D eigenvalue weighted by Gasteiger charge is 2.16. The summed E-state index contributed by atoms with van der Waals surface area (Å²) in [6.07, 6.45) is 0.793. The summed E-state index contributed by atoms with van der Waals surface area (Å²) < 4.78 is 8.83. The Hall–Kier alpha value is -1.79. The number of carbonyl (C=O) groups is 3. The van der Waals surface area contributed by atoms with Gasteiger partial charge in [-0.05, 0) is 26.2 Å². The second-order valence-corrected chi connectivity index (χ2v) is 3.71. The van der Waals surface area contributed by atoms with E-state index in [9.17, 15) is 14.4 Å². The number of hydrogen-bond acceptors (Lipinski definition) is 5. The molecule has 0 rings (SSSR count). The van der Waals surface area contributed by atoms with Crippen LogP contribution in [-0.4, -0.2) is 44.8 Å². The van der Waals surface area contributed by atoms with Crippen molar-refractivity contribution in [3.63, 3.8) is 0 Å². The minimum atomic E-state index is -0.622. The minimum Gasteiger partial charge on any atom is -0.453 e. The number of unbranched alkanes of at least 4 members (excludes halogenated alkanes) is 1. The number of carbonyl (C=O) groups excluding carboxylic acids is 3. The molecule has 18 heavy (non-hydrogen) atoms. The lowest BCUT2D eigenvalue weighted by molar-refractivity contribution is -0.119. The number of hydrogen-bond donors (Lipinski definition) is 2. The number of Topliss-reactive ketones (excluding diaryl/α,β-unsaturated/α-hetero) is 1. The van der Waals surface area contributed by atoms with Crippen LogP contribution in [0.2, 0.25) is 0 Å². The maximum Gasteiger partial charge on any atom is 0.407 e. The first kappa shape index (κ1) is 16.2. The zero-order valence-electron chi connectivity index (χ0n) is 10.9. The molecular weight excluding hydrogens is 240 g/mol. The van der Waals surface area contributed by atoms with E-state index in [2.05, 4.69) is 20.1 Å². The predicted octanol–water partition coefficient (Wildman–Crippen LogP) is 0.826. The number of amides is 2. The molecule has 0 aliphatic carbocycles. The first-order chi connectivity index (χ1) is 8.51. The molecule has 0 fully saturated rings. The molecule has 2 N–H and O–H groups in total. The SMILES string of the molecule is COC(=O)NCCCCC(NC(=O)OC)C(C)=O. The van der Waals surface area contributed by atoms with Crippen molar-refractivity contribution in [1.82, 2.24) is 10.6 Å². The van der Waals surface area contributed by atoms with Gasteiger partial charge in [0, 0.05) is 6.54 Å². The molecule has 0 radical (unpaired) electrons. The van der Waals surface area contributed by atoms with Gasteiger partial charge in [-0.25, -0.2) is 9.59 Å². The second-order valence-electron chi connectivity index (χ2n) is 3.71. The molecule has 0 saturated carbocycles. The monoisotopic (exact) mass is 260 g/mol. The lowest BCUT2D eigenvalue weighted by Gasteiger charge is -2.14. The molecule has 0 heterocycles. The summed E-state index contributed by atoms with van der Waals surface area (Å²) in [5, 5.41) is 4.98. The van der Waals surface area contributed by atoms with Gasteiger partial charge in [0.1, 0.15) is 0 Å². The van der Waals surface area contributed by atoms with E-state index in [1.54, 1.807) is 0 Å². The summed E-state index contributed by atoms with van der Waals surface area (Å²) in [5.74, 6) is -0.124. The Kier molecular flexibility index (Phi) is 8.34. The van der Waals surface area contributed by atoms with Crippen molar-refractivity contribution in [2.45, 2.75) is 32.2 Å². The Morgan fingerprint density at radius 3 is 2.17 bits per heavy atom. The summed E-state index contributed by atoms with van der Waals surface area (Å²) in [4.78, 5) is 33.0. The molecular formula is C11H20N2O5. The Balaban J connectivity index is 3.81. The lowest BCUT2D eigenvalue weighted by Crippen LogP contribution is -2.39. The molecule has 0 saturated heterocycles. The molecule has 1 unspecified atom stereocenters. The van der Waals surface area contributed by atoms with E-state index in [1.165, 1.54) is 21.1 Å². The molecule has 104 valence electrons. The molecule has 7 nitrogen and oxygen atoms in total. The Bertz CT molecular complexity index is 293. The van der Waals surface area contributed by atoms with Gasteiger partial charge in [0.05, 0.1) is 20.3 Å². The average Bonchev–Trinajstić information content (AvgIpc) is 2.35.